The van der Waals surface area contributed by atoms with E-state index in [-0.39, 0.29) is 0 Å². The molecule has 2 N–H and O–H groups in total. The van der Waals surface area contributed by atoms with Crippen molar-refractivity contribution in [3.63, 3.8) is 0 Å². The molecule has 0 saturated heterocycles. The molecule has 0 radical (unpaired) electrons. The Bertz CT molecular complexity index is 82.1. The molecule has 0 spiro atoms. The summed E-state index contributed by atoms with van der Waals surface area (Å²) < 4.78 is 17.0. The maximum absolute atomic E-state index is 8.50. The first kappa shape index (κ1) is 18.9. The van der Waals surface area contributed by atoms with E-state index >= 15 is 0 Å². The number of unbranched alkanes of at least 4 members (excludes halogenated alkanes) is 2. The molecule has 0 heterocycles. The van der Waals surface area contributed by atoms with Crippen LogP contribution in [-0.2, 0) is 25.3 Å². The first-order valence-corrected chi connectivity index (χ1v) is 6.02. The van der Waals surface area contributed by atoms with Crippen molar-refractivity contribution in [3.05, 3.63) is 0 Å². The summed E-state index contributed by atoms with van der Waals surface area (Å²) in [6.07, 6.45) is 4.08. The SMILES string of the molecule is CCCCO.CCCCO.[O]=[Mo]=[O]. The molecule has 4 nitrogen and oxygen atoms in total. The molecule has 0 aliphatic heterocycles. The number of hydrogen-bond acceptors (Lipinski definition) is 4. The molecular weight excluding hydrogens is 256 g/mol. The molecule has 5 heteroatoms. The molecule has 0 atom stereocenters. The van der Waals surface area contributed by atoms with Gasteiger partial charge in [0, 0.05) is 13.2 Å². The van der Waals surface area contributed by atoms with E-state index in [2.05, 4.69) is 13.8 Å². The van der Waals surface area contributed by atoms with Crippen LogP contribution in [0.3, 0.4) is 0 Å². The second kappa shape index (κ2) is 29.5. The van der Waals surface area contributed by atoms with E-state index in [4.69, 9.17) is 17.0 Å². The third-order valence-corrected chi connectivity index (χ3v) is 1.02. The van der Waals surface area contributed by atoms with Crippen molar-refractivity contribution in [2.24, 2.45) is 0 Å². The Morgan fingerprint density at radius 1 is 0.923 bits per heavy atom. The van der Waals surface area contributed by atoms with Crippen LogP contribution in [-0.4, -0.2) is 23.4 Å². The fraction of sp³-hybridized carbons (Fsp3) is 1.00. The summed E-state index contributed by atoms with van der Waals surface area (Å²) in [6.45, 7) is 4.79. The van der Waals surface area contributed by atoms with E-state index in [1.54, 1.807) is 0 Å². The van der Waals surface area contributed by atoms with Crippen LogP contribution < -0.4 is 0 Å². The first-order valence-electron chi connectivity index (χ1n) is 4.38. The zero-order valence-corrected chi connectivity index (χ0v) is 10.4. The summed E-state index contributed by atoms with van der Waals surface area (Å²) in [5, 5.41) is 16.1. The van der Waals surface area contributed by atoms with Crippen molar-refractivity contribution in [1.29, 1.82) is 0 Å². The van der Waals surface area contributed by atoms with Gasteiger partial charge >= 0.3 is 25.3 Å². The fourth-order valence-electron chi connectivity index (χ4n) is 0.316. The van der Waals surface area contributed by atoms with Crippen LogP contribution in [0.1, 0.15) is 39.5 Å². The van der Waals surface area contributed by atoms with Crippen LogP contribution in [0.25, 0.3) is 0 Å². The van der Waals surface area contributed by atoms with E-state index in [0.717, 1.165) is 25.7 Å². The Balaban J connectivity index is -0.000000120. The third-order valence-electron chi connectivity index (χ3n) is 1.02. The minimum atomic E-state index is -2.03. The van der Waals surface area contributed by atoms with Crippen molar-refractivity contribution in [2.45, 2.75) is 39.5 Å². The van der Waals surface area contributed by atoms with Gasteiger partial charge < -0.3 is 10.2 Å². The minimum absolute atomic E-state index is 0.344. The maximum atomic E-state index is 8.50. The summed E-state index contributed by atoms with van der Waals surface area (Å²) in [4.78, 5) is 0. The fourth-order valence-corrected chi connectivity index (χ4v) is 0.316. The van der Waals surface area contributed by atoms with Gasteiger partial charge in [-0.25, -0.2) is 0 Å². The van der Waals surface area contributed by atoms with Crippen LogP contribution in [0.15, 0.2) is 0 Å². The Morgan fingerprint density at radius 3 is 1.15 bits per heavy atom. The zero-order chi connectivity index (χ0) is 10.9. The van der Waals surface area contributed by atoms with Crippen LogP contribution in [0.2, 0.25) is 0 Å². The van der Waals surface area contributed by atoms with E-state index in [1.807, 2.05) is 0 Å². The number of aliphatic hydroxyl groups is 2. The van der Waals surface area contributed by atoms with Gasteiger partial charge in [-0.3, -0.25) is 0 Å². The zero-order valence-electron chi connectivity index (χ0n) is 8.36. The molecule has 0 fully saturated rings. The van der Waals surface area contributed by atoms with Crippen LogP contribution in [0.4, 0.5) is 0 Å². The normalized spacial score (nSPS) is 7.38. The molecule has 82 valence electrons. The molecule has 0 aromatic heterocycles. The van der Waals surface area contributed by atoms with Crippen molar-refractivity contribution >= 4 is 0 Å². The average Bonchev–Trinajstić information content (AvgIpc) is 2.09. The Hall–Kier alpha value is 0.208. The van der Waals surface area contributed by atoms with Gasteiger partial charge in [0.2, 0.25) is 0 Å². The Labute approximate surface area is 88.5 Å². The third kappa shape index (κ3) is 71.8. The predicted molar refractivity (Wildman–Crippen MR) is 45.4 cm³/mol. The molecular formula is C8H20MoO4. The summed E-state index contributed by atoms with van der Waals surface area (Å²) in [6, 6.07) is 0. The Kier molecular flexibility index (Phi) is 42.9. The predicted octanol–water partition coefficient (Wildman–Crippen LogP) is 1.32. The van der Waals surface area contributed by atoms with Gasteiger partial charge in [-0.2, -0.15) is 0 Å². The number of hydrogen-bond donors (Lipinski definition) is 2. The summed E-state index contributed by atoms with van der Waals surface area (Å²) in [7, 11) is 0. The molecule has 0 aliphatic rings. The van der Waals surface area contributed by atoms with E-state index < -0.39 is 18.5 Å². The van der Waals surface area contributed by atoms with Gasteiger partial charge in [-0.15, -0.1) is 0 Å². The molecule has 0 aromatic rings. The monoisotopic (exact) mass is 278 g/mol. The molecule has 0 rings (SSSR count). The average molecular weight is 276 g/mol. The molecule has 0 saturated carbocycles. The number of aliphatic hydroxyl groups excluding tert-OH is 2. The van der Waals surface area contributed by atoms with E-state index in [9.17, 15) is 0 Å². The summed E-state index contributed by atoms with van der Waals surface area (Å²) >= 11 is -2.03. The quantitative estimate of drug-likeness (QED) is 0.759. The van der Waals surface area contributed by atoms with E-state index in [0.29, 0.717) is 13.2 Å². The molecule has 0 aliphatic carbocycles. The van der Waals surface area contributed by atoms with Gasteiger partial charge in [0.15, 0.2) is 0 Å². The summed E-state index contributed by atoms with van der Waals surface area (Å²) in [5.41, 5.74) is 0. The number of rotatable bonds is 4. The molecule has 0 unspecified atom stereocenters. The van der Waals surface area contributed by atoms with Gasteiger partial charge in [0.25, 0.3) is 0 Å². The second-order valence-corrected chi connectivity index (χ2v) is 2.56. The van der Waals surface area contributed by atoms with Gasteiger partial charge in [0.05, 0.1) is 0 Å². The van der Waals surface area contributed by atoms with Crippen molar-refractivity contribution in [2.75, 3.05) is 13.2 Å². The van der Waals surface area contributed by atoms with Crippen LogP contribution in [0.5, 0.6) is 0 Å². The van der Waals surface area contributed by atoms with Crippen molar-refractivity contribution < 1.29 is 35.5 Å². The molecule has 0 amide bonds. The topological polar surface area (TPSA) is 74.6 Å². The van der Waals surface area contributed by atoms with Crippen molar-refractivity contribution in [1.82, 2.24) is 0 Å². The molecule has 13 heavy (non-hydrogen) atoms. The van der Waals surface area contributed by atoms with Crippen LogP contribution in [0, 0.1) is 0 Å². The standard InChI is InChI=1S/2C4H10O.Mo.2O/c2*1-2-3-4-5;;;/h2*5H,2-4H2,1H3;;;. The van der Waals surface area contributed by atoms with Crippen LogP contribution >= 0.6 is 0 Å². The van der Waals surface area contributed by atoms with Gasteiger partial charge in [0.1, 0.15) is 0 Å². The second-order valence-electron chi connectivity index (χ2n) is 2.22. The van der Waals surface area contributed by atoms with Crippen molar-refractivity contribution in [3.8, 4) is 0 Å². The Morgan fingerprint density at radius 2 is 1.15 bits per heavy atom. The molecule has 0 bridgehead atoms. The summed E-state index contributed by atoms with van der Waals surface area (Å²) in [5.74, 6) is 0. The van der Waals surface area contributed by atoms with Gasteiger partial charge in [-0.1, -0.05) is 26.7 Å². The van der Waals surface area contributed by atoms with Gasteiger partial charge in [-0.05, 0) is 12.8 Å². The first-order chi connectivity index (χ1) is 6.24. The van der Waals surface area contributed by atoms with E-state index in [1.165, 1.54) is 0 Å². The molecule has 0 aromatic carbocycles.